The third-order valence-electron chi connectivity index (χ3n) is 8.93. The van der Waals surface area contributed by atoms with E-state index in [0.717, 1.165) is 6.32 Å². The van der Waals surface area contributed by atoms with E-state index in [0.29, 0.717) is 11.8 Å². The van der Waals surface area contributed by atoms with E-state index in [9.17, 15) is 0 Å². The Morgan fingerprint density at radius 2 is 0.944 bits per heavy atom. The maximum atomic E-state index is 6.74. The lowest BCUT2D eigenvalue weighted by atomic mass is 9.79. The van der Waals surface area contributed by atoms with Crippen molar-refractivity contribution in [3.8, 4) is 0 Å². The van der Waals surface area contributed by atoms with Crippen LogP contribution in [-0.4, -0.2) is 7.12 Å². The van der Waals surface area contributed by atoms with Crippen LogP contribution >= 0.6 is 0 Å². The zero-order valence-corrected chi connectivity index (χ0v) is 22.2. The molecule has 2 atom stereocenters. The Morgan fingerprint density at radius 3 is 1.33 bits per heavy atom. The molecule has 2 saturated carbocycles. The van der Waals surface area contributed by atoms with Crippen molar-refractivity contribution < 1.29 is 9.31 Å². The minimum atomic E-state index is -0.228. The topological polar surface area (TPSA) is 18.5 Å². The first-order valence-corrected chi connectivity index (χ1v) is 14.9. The van der Waals surface area contributed by atoms with E-state index >= 15 is 0 Å². The quantitative estimate of drug-likeness (QED) is 0.300. The maximum Gasteiger partial charge on any atom is 0.461 e. The third-order valence-corrected chi connectivity index (χ3v) is 8.93. The second-order valence-corrected chi connectivity index (χ2v) is 11.4. The lowest BCUT2D eigenvalue weighted by Gasteiger charge is -2.29. The third kappa shape index (κ3) is 6.17. The highest BCUT2D eigenvalue weighted by atomic mass is 16.7. The number of hydrogen-bond donors (Lipinski definition) is 0. The maximum absolute atomic E-state index is 6.74. The predicted molar refractivity (Wildman–Crippen MR) is 151 cm³/mol. The molecule has 0 aromatic heterocycles. The molecule has 1 aliphatic heterocycles. The van der Waals surface area contributed by atoms with Gasteiger partial charge in [-0.1, -0.05) is 119 Å². The van der Waals surface area contributed by atoms with Gasteiger partial charge in [0, 0.05) is 6.32 Å². The first-order chi connectivity index (χ1) is 17.8. The smallest absolute Gasteiger partial charge is 0.401 e. The molecule has 3 aliphatic rings. The predicted octanol–water partition coefficient (Wildman–Crippen LogP) is 9.85. The molecule has 2 aliphatic carbocycles. The van der Waals surface area contributed by atoms with Crippen molar-refractivity contribution in [3.05, 3.63) is 83.4 Å². The van der Waals surface area contributed by atoms with Crippen LogP contribution in [0.2, 0.25) is 6.32 Å². The molecule has 2 aromatic rings. The molecule has 2 nitrogen and oxygen atoms in total. The van der Waals surface area contributed by atoms with Gasteiger partial charge in [-0.05, 0) is 59.8 Å². The summed E-state index contributed by atoms with van der Waals surface area (Å²) in [4.78, 5) is 0. The molecule has 1 heterocycles. The normalized spacial score (nSPS) is 25.1. The fraction of sp³-hybridized carbons (Fsp3) is 0.576. The monoisotopic (exact) mass is 484 g/mol. The second kappa shape index (κ2) is 13.1. The highest BCUT2D eigenvalue weighted by Gasteiger charge is 2.43. The molecule has 2 aromatic carbocycles. The summed E-state index contributed by atoms with van der Waals surface area (Å²) < 4.78 is 13.5. The first-order valence-electron chi connectivity index (χ1n) is 14.9. The summed E-state index contributed by atoms with van der Waals surface area (Å²) in [7, 11) is -0.228. The largest absolute Gasteiger partial charge is 0.461 e. The zero-order chi connectivity index (χ0) is 24.6. The van der Waals surface area contributed by atoms with Crippen LogP contribution < -0.4 is 0 Å². The molecule has 0 radical (unpaired) electrons. The van der Waals surface area contributed by atoms with Crippen LogP contribution in [0.25, 0.3) is 0 Å². The van der Waals surface area contributed by atoms with Crippen LogP contribution in [0.5, 0.6) is 0 Å². The van der Waals surface area contributed by atoms with E-state index in [4.69, 9.17) is 9.31 Å². The zero-order valence-electron chi connectivity index (χ0n) is 22.2. The minimum absolute atomic E-state index is 0.0636. The summed E-state index contributed by atoms with van der Waals surface area (Å²) in [6.07, 6.45) is 21.4. The number of allylic oxidation sites excluding steroid dienone is 1. The van der Waals surface area contributed by atoms with Crippen LogP contribution in [0.3, 0.4) is 0 Å². The van der Waals surface area contributed by atoms with Crippen LogP contribution in [0.1, 0.15) is 136 Å². The molecule has 3 fully saturated rings. The summed E-state index contributed by atoms with van der Waals surface area (Å²) in [6.45, 7) is 3.98. The Balaban J connectivity index is 1.49. The van der Waals surface area contributed by atoms with Crippen molar-refractivity contribution in [2.75, 3.05) is 0 Å². The SMILES string of the molecule is C=CCB1O[C@H](c2ccccc2C2CCCCCCC2)[C@@H](c2ccccc2C2CCCCCCC2)O1. The van der Waals surface area contributed by atoms with Crippen molar-refractivity contribution in [1.82, 2.24) is 0 Å². The molecule has 192 valence electrons. The molecule has 0 spiro atoms. The molecule has 0 bridgehead atoms. The molecule has 3 heteroatoms. The van der Waals surface area contributed by atoms with Crippen molar-refractivity contribution in [3.63, 3.8) is 0 Å². The summed E-state index contributed by atoms with van der Waals surface area (Å²) in [5.41, 5.74) is 5.71. The molecular weight excluding hydrogens is 439 g/mol. The Morgan fingerprint density at radius 1 is 0.583 bits per heavy atom. The van der Waals surface area contributed by atoms with Gasteiger partial charge in [-0.2, -0.15) is 0 Å². The van der Waals surface area contributed by atoms with Gasteiger partial charge in [-0.3, -0.25) is 0 Å². The minimum Gasteiger partial charge on any atom is -0.401 e. The lowest BCUT2D eigenvalue weighted by Crippen LogP contribution is -2.15. The van der Waals surface area contributed by atoms with Gasteiger partial charge in [-0.15, -0.1) is 6.58 Å². The van der Waals surface area contributed by atoms with Gasteiger partial charge >= 0.3 is 7.12 Å². The Labute approximate surface area is 220 Å². The van der Waals surface area contributed by atoms with E-state index in [1.54, 1.807) is 0 Å². The molecule has 1 saturated heterocycles. The number of rotatable bonds is 6. The van der Waals surface area contributed by atoms with Crippen LogP contribution in [0.4, 0.5) is 0 Å². The van der Waals surface area contributed by atoms with Crippen LogP contribution in [0.15, 0.2) is 61.2 Å². The molecule has 36 heavy (non-hydrogen) atoms. The second-order valence-electron chi connectivity index (χ2n) is 11.4. The average Bonchev–Trinajstić information content (AvgIpc) is 3.28. The molecule has 0 unspecified atom stereocenters. The van der Waals surface area contributed by atoms with Crippen molar-refractivity contribution in [1.29, 1.82) is 0 Å². The van der Waals surface area contributed by atoms with E-state index in [2.05, 4.69) is 55.1 Å². The first kappa shape index (κ1) is 25.8. The van der Waals surface area contributed by atoms with Gasteiger partial charge in [0.1, 0.15) is 0 Å². The Hall–Kier alpha value is -1.84. The Bertz CT molecular complexity index is 882. The van der Waals surface area contributed by atoms with E-state index in [1.165, 1.54) is 112 Å². The fourth-order valence-electron chi connectivity index (χ4n) is 7.04. The summed E-state index contributed by atoms with van der Waals surface area (Å²) in [5.74, 6) is 1.26. The summed E-state index contributed by atoms with van der Waals surface area (Å²) >= 11 is 0. The van der Waals surface area contributed by atoms with Gasteiger partial charge in [0.05, 0.1) is 12.2 Å². The van der Waals surface area contributed by atoms with Crippen LogP contribution in [0, 0.1) is 0 Å². The molecule has 0 amide bonds. The molecule has 0 N–H and O–H groups in total. The van der Waals surface area contributed by atoms with E-state index in [1.807, 2.05) is 6.08 Å². The molecular formula is C33H45BO2. The van der Waals surface area contributed by atoms with Crippen LogP contribution in [-0.2, 0) is 9.31 Å². The van der Waals surface area contributed by atoms with Crippen molar-refractivity contribution in [2.45, 2.75) is 120 Å². The van der Waals surface area contributed by atoms with Gasteiger partial charge in [0.15, 0.2) is 0 Å². The van der Waals surface area contributed by atoms with E-state index in [-0.39, 0.29) is 19.3 Å². The summed E-state index contributed by atoms with van der Waals surface area (Å²) in [5, 5.41) is 0. The fourth-order valence-corrected chi connectivity index (χ4v) is 7.04. The van der Waals surface area contributed by atoms with Gasteiger partial charge < -0.3 is 9.31 Å². The lowest BCUT2D eigenvalue weighted by molar-refractivity contribution is 0.156. The standard InChI is InChI=1S/C33H45BO2/c1-2-25-34-35-32(30-23-15-13-21-28(30)26-17-9-5-3-6-10-18-26)33(36-34)31-24-16-14-22-29(31)27-19-11-7-4-8-12-20-27/h2,13-16,21-24,26-27,32-33H,1,3-12,17-20,25H2/t32-,33-/m1/s1. The highest BCUT2D eigenvalue weighted by molar-refractivity contribution is 6.45. The average molecular weight is 485 g/mol. The van der Waals surface area contributed by atoms with E-state index < -0.39 is 0 Å². The number of hydrogen-bond acceptors (Lipinski definition) is 2. The van der Waals surface area contributed by atoms with Gasteiger partial charge in [0.2, 0.25) is 0 Å². The number of benzene rings is 2. The summed E-state index contributed by atoms with van der Waals surface area (Å²) in [6, 6.07) is 18.3. The highest BCUT2D eigenvalue weighted by Crippen LogP contribution is 2.48. The molecule has 5 rings (SSSR count). The van der Waals surface area contributed by atoms with Crippen molar-refractivity contribution in [2.24, 2.45) is 0 Å². The van der Waals surface area contributed by atoms with Gasteiger partial charge in [0.25, 0.3) is 0 Å². The van der Waals surface area contributed by atoms with Gasteiger partial charge in [-0.25, -0.2) is 0 Å². The van der Waals surface area contributed by atoms with Crippen molar-refractivity contribution >= 4 is 7.12 Å². The Kier molecular flexibility index (Phi) is 9.39.